The minimum Gasteiger partial charge on any atom is -0.266 e. The Morgan fingerprint density at radius 2 is 1.76 bits per heavy atom. The molecule has 0 saturated heterocycles. The van der Waals surface area contributed by atoms with E-state index in [0.29, 0.717) is 32.2 Å². The predicted octanol–water partition coefficient (Wildman–Crippen LogP) is 6.89. The number of rotatable bonds is 5. The number of anilines is 1. The van der Waals surface area contributed by atoms with Crippen molar-refractivity contribution in [1.29, 1.82) is 0 Å². The molecule has 0 bridgehead atoms. The number of benzene rings is 3. The van der Waals surface area contributed by atoms with E-state index in [4.69, 9.17) is 23.2 Å². The number of non-ortho nitro benzene ring substituents is 1. The van der Waals surface area contributed by atoms with Crippen molar-refractivity contribution in [3.8, 4) is 0 Å². The standard InChI is InChI=1S/C24H17Cl2N3O3S/c1-15-5-9-18(10-6-15)28-23(30)21(13-17-3-2-4-20(25)22(17)26)27-24(28)33-14-16-7-11-19(12-8-16)29(31)32/h2-13H,14H2,1H3. The molecule has 0 aliphatic carbocycles. The van der Waals surface area contributed by atoms with Crippen molar-refractivity contribution in [3.05, 3.63) is 109 Å². The van der Waals surface area contributed by atoms with Crippen LogP contribution in [0.25, 0.3) is 6.08 Å². The van der Waals surface area contributed by atoms with E-state index in [1.165, 1.54) is 23.9 Å². The Hall–Kier alpha value is -3.13. The zero-order chi connectivity index (χ0) is 23.5. The molecule has 1 heterocycles. The molecule has 6 nitrogen and oxygen atoms in total. The first kappa shape index (κ1) is 23.0. The smallest absolute Gasteiger partial charge is 0.266 e. The number of nitrogens with zero attached hydrogens (tertiary/aromatic N) is 3. The monoisotopic (exact) mass is 497 g/mol. The van der Waals surface area contributed by atoms with Crippen LogP contribution in [-0.2, 0) is 10.5 Å². The Balaban J connectivity index is 1.66. The fraction of sp³-hybridized carbons (Fsp3) is 0.0833. The van der Waals surface area contributed by atoms with E-state index in [-0.39, 0.29) is 17.3 Å². The van der Waals surface area contributed by atoms with Gasteiger partial charge in [0.1, 0.15) is 5.70 Å². The molecule has 0 aromatic heterocycles. The number of hydrogen-bond donors (Lipinski definition) is 0. The van der Waals surface area contributed by atoms with Gasteiger partial charge in [-0.25, -0.2) is 4.99 Å². The van der Waals surface area contributed by atoms with Crippen molar-refractivity contribution in [1.82, 2.24) is 0 Å². The SMILES string of the molecule is Cc1ccc(N2C(=O)C(=Cc3cccc(Cl)c3Cl)N=C2SCc2ccc([N+](=O)[O-])cc2)cc1. The van der Waals surface area contributed by atoms with Gasteiger partial charge >= 0.3 is 0 Å². The number of amides is 1. The number of aliphatic imine (C=N–C) groups is 1. The van der Waals surface area contributed by atoms with Crippen molar-refractivity contribution < 1.29 is 9.72 Å². The molecule has 1 amide bonds. The molecule has 1 aliphatic rings. The molecule has 0 saturated carbocycles. The Morgan fingerprint density at radius 1 is 1.06 bits per heavy atom. The quantitative estimate of drug-likeness (QED) is 0.218. The number of halogens is 2. The van der Waals surface area contributed by atoms with Gasteiger partial charge in [-0.2, -0.15) is 0 Å². The molecule has 0 spiro atoms. The molecule has 1 aliphatic heterocycles. The maximum atomic E-state index is 13.3. The first-order valence-corrected chi connectivity index (χ1v) is 11.6. The topological polar surface area (TPSA) is 75.8 Å². The van der Waals surface area contributed by atoms with Crippen molar-refractivity contribution >= 4 is 63.5 Å². The van der Waals surface area contributed by atoms with Crippen LogP contribution in [0, 0.1) is 17.0 Å². The summed E-state index contributed by atoms with van der Waals surface area (Å²) >= 11 is 13.8. The van der Waals surface area contributed by atoms with Gasteiger partial charge in [-0.15, -0.1) is 0 Å². The van der Waals surface area contributed by atoms with Crippen LogP contribution in [0.5, 0.6) is 0 Å². The van der Waals surface area contributed by atoms with Crippen LogP contribution in [0.15, 0.2) is 77.4 Å². The fourth-order valence-electron chi connectivity index (χ4n) is 3.16. The van der Waals surface area contributed by atoms with Gasteiger partial charge in [-0.05, 0) is 42.3 Å². The highest BCUT2D eigenvalue weighted by Gasteiger charge is 2.32. The molecule has 0 radical (unpaired) electrons. The highest BCUT2D eigenvalue weighted by Crippen LogP contribution is 2.33. The summed E-state index contributed by atoms with van der Waals surface area (Å²) in [4.78, 5) is 29.9. The molecule has 3 aromatic rings. The number of thioether (sulfide) groups is 1. The summed E-state index contributed by atoms with van der Waals surface area (Å²) in [7, 11) is 0. The second-order valence-electron chi connectivity index (χ2n) is 7.26. The van der Waals surface area contributed by atoms with Crippen LogP contribution in [0.3, 0.4) is 0 Å². The molecular weight excluding hydrogens is 481 g/mol. The molecule has 33 heavy (non-hydrogen) atoms. The molecule has 0 atom stereocenters. The number of nitro groups is 1. The molecule has 3 aromatic carbocycles. The number of hydrogen-bond acceptors (Lipinski definition) is 5. The lowest BCUT2D eigenvalue weighted by Gasteiger charge is -2.18. The van der Waals surface area contributed by atoms with Gasteiger partial charge in [0, 0.05) is 17.9 Å². The van der Waals surface area contributed by atoms with E-state index >= 15 is 0 Å². The number of aryl methyl sites for hydroxylation is 1. The normalized spacial score (nSPS) is 14.6. The lowest BCUT2D eigenvalue weighted by atomic mass is 10.2. The second-order valence-corrected chi connectivity index (χ2v) is 8.98. The first-order valence-electron chi connectivity index (χ1n) is 9.85. The number of carbonyl (C=O) groups is 1. The van der Waals surface area contributed by atoms with E-state index in [2.05, 4.69) is 4.99 Å². The van der Waals surface area contributed by atoms with Crippen LogP contribution in [0.1, 0.15) is 16.7 Å². The lowest BCUT2D eigenvalue weighted by Crippen LogP contribution is -2.30. The van der Waals surface area contributed by atoms with E-state index in [9.17, 15) is 14.9 Å². The lowest BCUT2D eigenvalue weighted by molar-refractivity contribution is -0.384. The number of amidine groups is 1. The minimum atomic E-state index is -0.437. The number of nitro benzene ring substituents is 1. The van der Waals surface area contributed by atoms with Gasteiger partial charge in [0.25, 0.3) is 11.6 Å². The van der Waals surface area contributed by atoms with Gasteiger partial charge < -0.3 is 0 Å². The Labute approximate surface area is 204 Å². The van der Waals surface area contributed by atoms with Crippen LogP contribution in [0.4, 0.5) is 11.4 Å². The van der Waals surface area contributed by atoms with E-state index in [1.807, 2.05) is 31.2 Å². The van der Waals surface area contributed by atoms with Gasteiger partial charge in [-0.1, -0.05) is 76.9 Å². The zero-order valence-electron chi connectivity index (χ0n) is 17.4. The van der Waals surface area contributed by atoms with Crippen molar-refractivity contribution in [2.75, 3.05) is 4.90 Å². The Morgan fingerprint density at radius 3 is 2.42 bits per heavy atom. The molecule has 9 heteroatoms. The zero-order valence-corrected chi connectivity index (χ0v) is 19.7. The summed E-state index contributed by atoms with van der Waals surface area (Å²) in [6.07, 6.45) is 1.62. The summed E-state index contributed by atoms with van der Waals surface area (Å²) in [6, 6.07) is 19.1. The molecule has 0 unspecified atom stereocenters. The third-order valence-electron chi connectivity index (χ3n) is 4.91. The Kier molecular flexibility index (Phi) is 6.83. The Bertz CT molecular complexity index is 1290. The van der Waals surface area contributed by atoms with Gasteiger partial charge in [0.15, 0.2) is 5.17 Å². The summed E-state index contributed by atoms with van der Waals surface area (Å²) < 4.78 is 0. The number of carbonyl (C=O) groups excluding carboxylic acids is 1. The third kappa shape index (κ3) is 5.11. The molecule has 0 N–H and O–H groups in total. The van der Waals surface area contributed by atoms with Crippen LogP contribution in [-0.4, -0.2) is 16.0 Å². The summed E-state index contributed by atoms with van der Waals surface area (Å²) in [6.45, 7) is 1.97. The van der Waals surface area contributed by atoms with Crippen molar-refractivity contribution in [3.63, 3.8) is 0 Å². The van der Waals surface area contributed by atoms with Crippen LogP contribution < -0.4 is 4.90 Å². The maximum Gasteiger partial charge on any atom is 0.283 e. The summed E-state index contributed by atoms with van der Waals surface area (Å²) in [5, 5.41) is 12.1. The van der Waals surface area contributed by atoms with Crippen LogP contribution in [0.2, 0.25) is 10.0 Å². The van der Waals surface area contributed by atoms with E-state index < -0.39 is 4.92 Å². The van der Waals surface area contributed by atoms with E-state index in [0.717, 1.165) is 11.1 Å². The van der Waals surface area contributed by atoms with E-state index in [1.54, 1.807) is 41.3 Å². The van der Waals surface area contributed by atoms with Gasteiger partial charge in [-0.3, -0.25) is 19.8 Å². The highest BCUT2D eigenvalue weighted by atomic mass is 35.5. The molecule has 166 valence electrons. The minimum absolute atomic E-state index is 0.0297. The summed E-state index contributed by atoms with van der Waals surface area (Å²) in [5.74, 6) is 0.207. The molecular formula is C24H17Cl2N3O3S. The average Bonchev–Trinajstić information content (AvgIpc) is 3.11. The largest absolute Gasteiger partial charge is 0.283 e. The predicted molar refractivity (Wildman–Crippen MR) is 135 cm³/mol. The fourth-order valence-corrected chi connectivity index (χ4v) is 4.49. The van der Waals surface area contributed by atoms with Crippen molar-refractivity contribution in [2.24, 2.45) is 4.99 Å². The van der Waals surface area contributed by atoms with Gasteiger partial charge in [0.05, 0.1) is 20.7 Å². The highest BCUT2D eigenvalue weighted by molar-refractivity contribution is 8.13. The average molecular weight is 498 g/mol. The molecule has 0 fully saturated rings. The first-order chi connectivity index (χ1) is 15.8. The summed E-state index contributed by atoms with van der Waals surface area (Å²) in [5.41, 5.74) is 3.51. The van der Waals surface area contributed by atoms with Gasteiger partial charge in [0.2, 0.25) is 0 Å². The maximum absolute atomic E-state index is 13.3. The third-order valence-corrected chi connectivity index (χ3v) is 6.75. The molecule has 4 rings (SSSR count). The second kappa shape index (κ2) is 9.79. The van der Waals surface area contributed by atoms with Crippen molar-refractivity contribution in [2.45, 2.75) is 12.7 Å². The van der Waals surface area contributed by atoms with Crippen LogP contribution >= 0.6 is 35.0 Å².